The maximum absolute atomic E-state index is 5.31. The number of likely N-dealkylation sites (tertiary alicyclic amines) is 1. The van der Waals surface area contributed by atoms with Gasteiger partial charge in [0, 0.05) is 25.0 Å². The van der Waals surface area contributed by atoms with Crippen LogP contribution < -0.4 is 5.32 Å². The zero-order valence-corrected chi connectivity index (χ0v) is 8.84. The van der Waals surface area contributed by atoms with E-state index in [1.165, 1.54) is 38.8 Å². The molecule has 2 aliphatic rings. The van der Waals surface area contributed by atoms with E-state index in [0.29, 0.717) is 0 Å². The van der Waals surface area contributed by atoms with Gasteiger partial charge in [-0.3, -0.25) is 4.90 Å². The molecular weight excluding hydrogens is 172 g/mol. The summed E-state index contributed by atoms with van der Waals surface area (Å²) in [5.41, 5.74) is 0. The van der Waals surface area contributed by atoms with Crippen LogP contribution in [0.5, 0.6) is 0 Å². The first-order chi connectivity index (χ1) is 6.92. The first-order valence-electron chi connectivity index (χ1n) is 5.82. The van der Waals surface area contributed by atoms with Crippen LogP contribution in [-0.4, -0.2) is 36.6 Å². The van der Waals surface area contributed by atoms with Crippen molar-refractivity contribution in [1.82, 2.24) is 10.2 Å². The molecule has 0 amide bonds. The molecule has 0 aromatic rings. The van der Waals surface area contributed by atoms with Crippen LogP contribution in [0.25, 0.3) is 0 Å². The third-order valence-electron chi connectivity index (χ3n) is 3.52. The van der Waals surface area contributed by atoms with Crippen LogP contribution in [0, 0.1) is 12.3 Å². The van der Waals surface area contributed by atoms with Gasteiger partial charge in [0.1, 0.15) is 0 Å². The molecule has 0 aliphatic carbocycles. The minimum atomic E-state index is 0.746. The summed E-state index contributed by atoms with van der Waals surface area (Å²) in [6, 6.07) is 1.51. The topological polar surface area (TPSA) is 15.3 Å². The predicted molar refractivity (Wildman–Crippen MR) is 59.1 cm³/mol. The highest BCUT2D eigenvalue weighted by Crippen LogP contribution is 2.24. The molecule has 0 aromatic carbocycles. The third kappa shape index (κ3) is 2.10. The average Bonchev–Trinajstić information content (AvgIpc) is 2.84. The SMILES string of the molecule is C#CCCN1CCCC1C1CCCN1. The standard InChI is InChI=1S/C12H20N2/c1-2-3-9-14-10-5-7-12(14)11-6-4-8-13-11/h1,11-13H,3-10H2. The van der Waals surface area contributed by atoms with E-state index in [0.717, 1.165) is 25.0 Å². The Bertz CT molecular complexity index is 213. The molecule has 0 aromatic heterocycles. The highest BCUT2D eigenvalue weighted by molar-refractivity contribution is 4.94. The monoisotopic (exact) mass is 192 g/mol. The Morgan fingerprint density at radius 1 is 1.36 bits per heavy atom. The van der Waals surface area contributed by atoms with E-state index in [9.17, 15) is 0 Å². The summed E-state index contributed by atoms with van der Waals surface area (Å²) >= 11 is 0. The summed E-state index contributed by atoms with van der Waals surface area (Å²) in [6.07, 6.45) is 11.6. The molecule has 2 atom stereocenters. The van der Waals surface area contributed by atoms with Crippen LogP contribution >= 0.6 is 0 Å². The van der Waals surface area contributed by atoms with E-state index in [1.54, 1.807) is 0 Å². The van der Waals surface area contributed by atoms with Gasteiger partial charge in [-0.2, -0.15) is 0 Å². The number of nitrogens with zero attached hydrogens (tertiary/aromatic N) is 1. The lowest BCUT2D eigenvalue weighted by Crippen LogP contribution is -2.44. The minimum Gasteiger partial charge on any atom is -0.312 e. The molecule has 0 bridgehead atoms. The summed E-state index contributed by atoms with van der Waals surface area (Å²) in [5.74, 6) is 2.74. The molecule has 2 aliphatic heterocycles. The normalized spacial score (nSPS) is 33.4. The third-order valence-corrected chi connectivity index (χ3v) is 3.52. The van der Waals surface area contributed by atoms with Crippen LogP contribution in [0.15, 0.2) is 0 Å². The van der Waals surface area contributed by atoms with Crippen LogP contribution in [0.4, 0.5) is 0 Å². The molecule has 2 unspecified atom stereocenters. The van der Waals surface area contributed by atoms with E-state index < -0.39 is 0 Å². The lowest BCUT2D eigenvalue weighted by atomic mass is 10.0. The van der Waals surface area contributed by atoms with Gasteiger partial charge in [0.15, 0.2) is 0 Å². The fourth-order valence-corrected chi connectivity index (χ4v) is 2.83. The zero-order chi connectivity index (χ0) is 9.80. The van der Waals surface area contributed by atoms with Crippen molar-refractivity contribution in [2.24, 2.45) is 0 Å². The quantitative estimate of drug-likeness (QED) is 0.677. The molecule has 2 heteroatoms. The van der Waals surface area contributed by atoms with Gasteiger partial charge in [-0.15, -0.1) is 12.3 Å². The molecule has 1 N–H and O–H groups in total. The molecule has 0 radical (unpaired) electrons. The lowest BCUT2D eigenvalue weighted by Gasteiger charge is -2.28. The molecular formula is C12H20N2. The molecule has 2 saturated heterocycles. The van der Waals surface area contributed by atoms with Crippen LogP contribution in [0.2, 0.25) is 0 Å². The summed E-state index contributed by atoms with van der Waals surface area (Å²) in [5, 5.41) is 3.61. The smallest absolute Gasteiger partial charge is 0.0250 e. The largest absolute Gasteiger partial charge is 0.312 e. The Balaban J connectivity index is 1.86. The molecule has 2 fully saturated rings. The number of hydrogen-bond acceptors (Lipinski definition) is 2. The second-order valence-electron chi connectivity index (χ2n) is 4.40. The van der Waals surface area contributed by atoms with Gasteiger partial charge in [0.05, 0.1) is 0 Å². The average molecular weight is 192 g/mol. The lowest BCUT2D eigenvalue weighted by molar-refractivity contribution is 0.219. The van der Waals surface area contributed by atoms with E-state index in [2.05, 4.69) is 16.1 Å². The number of rotatable bonds is 3. The number of nitrogens with one attached hydrogen (secondary N) is 1. The molecule has 14 heavy (non-hydrogen) atoms. The minimum absolute atomic E-state index is 0.746. The van der Waals surface area contributed by atoms with Gasteiger partial charge in [0.25, 0.3) is 0 Å². The highest BCUT2D eigenvalue weighted by atomic mass is 15.2. The summed E-state index contributed by atoms with van der Waals surface area (Å²) in [6.45, 7) is 3.56. The zero-order valence-electron chi connectivity index (χ0n) is 8.84. The maximum Gasteiger partial charge on any atom is 0.0250 e. The highest BCUT2D eigenvalue weighted by Gasteiger charge is 2.32. The molecule has 2 heterocycles. The van der Waals surface area contributed by atoms with Crippen LogP contribution in [-0.2, 0) is 0 Å². The van der Waals surface area contributed by atoms with Gasteiger partial charge in [0.2, 0.25) is 0 Å². The molecule has 2 nitrogen and oxygen atoms in total. The summed E-state index contributed by atoms with van der Waals surface area (Å²) in [4.78, 5) is 2.59. The first-order valence-corrected chi connectivity index (χ1v) is 5.82. The molecule has 2 rings (SSSR count). The van der Waals surface area contributed by atoms with Crippen molar-refractivity contribution in [3.63, 3.8) is 0 Å². The van der Waals surface area contributed by atoms with E-state index >= 15 is 0 Å². The Kier molecular flexibility index (Phi) is 3.44. The number of hydrogen-bond donors (Lipinski definition) is 1. The van der Waals surface area contributed by atoms with Crippen molar-refractivity contribution in [1.29, 1.82) is 0 Å². The Labute approximate surface area is 87.1 Å². The van der Waals surface area contributed by atoms with E-state index in [-0.39, 0.29) is 0 Å². The van der Waals surface area contributed by atoms with Crippen molar-refractivity contribution < 1.29 is 0 Å². The fraction of sp³-hybridized carbons (Fsp3) is 0.833. The number of terminal acetylenes is 1. The first kappa shape index (κ1) is 10.0. The molecule has 0 saturated carbocycles. The fourth-order valence-electron chi connectivity index (χ4n) is 2.83. The van der Waals surface area contributed by atoms with Crippen molar-refractivity contribution in [2.75, 3.05) is 19.6 Å². The summed E-state index contributed by atoms with van der Waals surface area (Å²) < 4.78 is 0. The Morgan fingerprint density at radius 2 is 2.29 bits per heavy atom. The van der Waals surface area contributed by atoms with Gasteiger partial charge >= 0.3 is 0 Å². The second-order valence-corrected chi connectivity index (χ2v) is 4.40. The summed E-state index contributed by atoms with van der Waals surface area (Å²) in [7, 11) is 0. The van der Waals surface area contributed by atoms with Crippen LogP contribution in [0.3, 0.4) is 0 Å². The van der Waals surface area contributed by atoms with Crippen molar-refractivity contribution in [3.05, 3.63) is 0 Å². The van der Waals surface area contributed by atoms with E-state index in [1.807, 2.05) is 0 Å². The maximum atomic E-state index is 5.31. The molecule has 0 spiro atoms. The molecule has 78 valence electrons. The van der Waals surface area contributed by atoms with Crippen molar-refractivity contribution in [3.8, 4) is 12.3 Å². The van der Waals surface area contributed by atoms with Gasteiger partial charge < -0.3 is 5.32 Å². The predicted octanol–water partition coefficient (Wildman–Crippen LogP) is 1.23. The van der Waals surface area contributed by atoms with Gasteiger partial charge in [-0.05, 0) is 38.8 Å². The van der Waals surface area contributed by atoms with E-state index in [4.69, 9.17) is 6.42 Å². The van der Waals surface area contributed by atoms with Crippen molar-refractivity contribution >= 4 is 0 Å². The Hall–Kier alpha value is -0.520. The Morgan fingerprint density at radius 3 is 3.00 bits per heavy atom. The second kappa shape index (κ2) is 4.82. The van der Waals surface area contributed by atoms with Crippen LogP contribution in [0.1, 0.15) is 32.1 Å². The van der Waals surface area contributed by atoms with Gasteiger partial charge in [-0.1, -0.05) is 0 Å². The van der Waals surface area contributed by atoms with Gasteiger partial charge in [-0.25, -0.2) is 0 Å². The van der Waals surface area contributed by atoms with Crippen molar-refractivity contribution in [2.45, 2.75) is 44.2 Å².